The van der Waals surface area contributed by atoms with E-state index in [-0.39, 0.29) is 12.6 Å². The normalized spacial score (nSPS) is 10.9. The molecule has 33 heavy (non-hydrogen) atoms. The van der Waals surface area contributed by atoms with E-state index in [1.165, 1.54) is 0 Å². The summed E-state index contributed by atoms with van der Waals surface area (Å²) in [4.78, 5) is 12.8. The van der Waals surface area contributed by atoms with E-state index >= 15 is 0 Å². The summed E-state index contributed by atoms with van der Waals surface area (Å²) in [6.45, 7) is 8.62. The first-order valence-electron chi connectivity index (χ1n) is 10.6. The molecule has 2 aromatic heterocycles. The number of rotatable bonds is 7. The lowest BCUT2D eigenvalue weighted by Gasteiger charge is -2.08. The smallest absolute Gasteiger partial charge is 0.276 e. The van der Waals surface area contributed by atoms with Crippen LogP contribution in [0, 0.1) is 27.7 Å². The van der Waals surface area contributed by atoms with Crippen LogP contribution in [-0.4, -0.2) is 25.5 Å². The van der Waals surface area contributed by atoms with Gasteiger partial charge in [-0.2, -0.15) is 10.2 Å². The molecule has 0 aliphatic carbocycles. The molecule has 0 aliphatic rings. The van der Waals surface area contributed by atoms with Gasteiger partial charge in [0, 0.05) is 11.2 Å². The third-order valence-corrected chi connectivity index (χ3v) is 5.51. The van der Waals surface area contributed by atoms with Crippen LogP contribution in [-0.2, 0) is 13.3 Å². The first kappa shape index (κ1) is 22.6. The van der Waals surface area contributed by atoms with E-state index in [1.54, 1.807) is 16.9 Å². The minimum absolute atomic E-state index is 0.214. The van der Waals surface area contributed by atoms with Crippen molar-refractivity contribution in [2.24, 2.45) is 0 Å². The monoisotopic (exact) mass is 463 g/mol. The number of nitrogens with one attached hydrogen (secondary N) is 1. The second-order valence-electron chi connectivity index (χ2n) is 8.12. The number of benzene rings is 2. The Morgan fingerprint density at radius 2 is 1.79 bits per heavy atom. The number of anilines is 1. The predicted octanol–water partition coefficient (Wildman–Crippen LogP) is 5.30. The standard InChI is InChI=1S/C25H26ClN5O2/c1-16-10-17(2)12-22(11-16)33-15-30-9-8-23(29-30)25(32)27-24-18(3)28-31(19(24)4)14-20-6-5-7-21(26)13-20/h5-13H,14-15H2,1-4H3,(H,27,32). The average Bonchev–Trinajstić information content (AvgIpc) is 3.32. The van der Waals surface area contributed by atoms with Gasteiger partial charge >= 0.3 is 0 Å². The van der Waals surface area contributed by atoms with Crippen LogP contribution in [0.1, 0.15) is 38.6 Å². The minimum atomic E-state index is -0.298. The summed E-state index contributed by atoms with van der Waals surface area (Å²) in [6, 6.07) is 15.3. The summed E-state index contributed by atoms with van der Waals surface area (Å²) >= 11 is 6.09. The van der Waals surface area contributed by atoms with Crippen LogP contribution < -0.4 is 10.1 Å². The Morgan fingerprint density at radius 1 is 1.03 bits per heavy atom. The highest BCUT2D eigenvalue weighted by molar-refractivity contribution is 6.30. The highest BCUT2D eigenvalue weighted by Crippen LogP contribution is 2.22. The molecule has 1 N–H and O–H groups in total. The second kappa shape index (κ2) is 9.50. The fraction of sp³-hybridized carbons (Fsp3) is 0.240. The Morgan fingerprint density at radius 3 is 2.52 bits per heavy atom. The van der Waals surface area contributed by atoms with E-state index < -0.39 is 0 Å². The van der Waals surface area contributed by atoms with Crippen LogP contribution in [0.2, 0.25) is 5.02 Å². The van der Waals surface area contributed by atoms with E-state index in [9.17, 15) is 4.79 Å². The highest BCUT2D eigenvalue weighted by atomic mass is 35.5. The minimum Gasteiger partial charge on any atom is -0.471 e. The molecule has 0 atom stereocenters. The second-order valence-corrected chi connectivity index (χ2v) is 8.56. The molecule has 0 saturated heterocycles. The zero-order chi connectivity index (χ0) is 23.5. The highest BCUT2D eigenvalue weighted by Gasteiger charge is 2.17. The van der Waals surface area contributed by atoms with Gasteiger partial charge in [-0.25, -0.2) is 4.68 Å². The summed E-state index contributed by atoms with van der Waals surface area (Å²) < 4.78 is 9.26. The van der Waals surface area contributed by atoms with Crippen LogP contribution in [0.5, 0.6) is 5.75 Å². The van der Waals surface area contributed by atoms with Gasteiger partial charge in [0.25, 0.3) is 5.91 Å². The molecular weight excluding hydrogens is 438 g/mol. The Hall–Kier alpha value is -3.58. The molecule has 0 saturated carbocycles. The maximum atomic E-state index is 12.8. The van der Waals surface area contributed by atoms with Gasteiger partial charge in [-0.15, -0.1) is 0 Å². The van der Waals surface area contributed by atoms with Crippen molar-refractivity contribution in [1.29, 1.82) is 0 Å². The first-order chi connectivity index (χ1) is 15.8. The molecule has 0 unspecified atom stereocenters. The molecule has 0 bridgehead atoms. The maximum Gasteiger partial charge on any atom is 0.276 e. The molecule has 1 amide bonds. The van der Waals surface area contributed by atoms with E-state index in [4.69, 9.17) is 16.3 Å². The molecule has 4 aromatic rings. The predicted molar refractivity (Wildman–Crippen MR) is 129 cm³/mol. The average molecular weight is 464 g/mol. The summed E-state index contributed by atoms with van der Waals surface area (Å²) in [7, 11) is 0. The lowest BCUT2D eigenvalue weighted by atomic mass is 10.1. The summed E-state index contributed by atoms with van der Waals surface area (Å²) in [5.41, 5.74) is 5.88. The van der Waals surface area contributed by atoms with Gasteiger partial charge in [-0.3, -0.25) is 9.48 Å². The first-order valence-corrected chi connectivity index (χ1v) is 11.0. The van der Waals surface area contributed by atoms with Gasteiger partial charge in [0.1, 0.15) is 5.75 Å². The molecule has 0 spiro atoms. The number of hydrogen-bond donors (Lipinski definition) is 1. The number of aromatic nitrogens is 4. The summed E-state index contributed by atoms with van der Waals surface area (Å²) in [6.07, 6.45) is 1.72. The Labute approximate surface area is 197 Å². The molecule has 2 aromatic carbocycles. The SMILES string of the molecule is Cc1cc(C)cc(OCn2ccc(C(=O)Nc3c(C)nn(Cc4cccc(Cl)c4)c3C)n2)c1. The van der Waals surface area contributed by atoms with Gasteiger partial charge < -0.3 is 10.1 Å². The molecular formula is C25H26ClN5O2. The zero-order valence-electron chi connectivity index (χ0n) is 19.1. The van der Waals surface area contributed by atoms with Crippen molar-refractivity contribution in [3.63, 3.8) is 0 Å². The number of aryl methyl sites for hydroxylation is 3. The number of hydrogen-bond acceptors (Lipinski definition) is 4. The van der Waals surface area contributed by atoms with Gasteiger partial charge in [-0.05, 0) is 74.7 Å². The summed E-state index contributed by atoms with van der Waals surface area (Å²) in [5.74, 6) is 0.473. The van der Waals surface area contributed by atoms with E-state index in [1.807, 2.05) is 68.8 Å². The van der Waals surface area contributed by atoms with Crippen molar-refractivity contribution < 1.29 is 9.53 Å². The fourth-order valence-electron chi connectivity index (χ4n) is 3.73. The van der Waals surface area contributed by atoms with Crippen LogP contribution >= 0.6 is 11.6 Å². The third-order valence-electron chi connectivity index (χ3n) is 5.27. The van der Waals surface area contributed by atoms with E-state index in [0.717, 1.165) is 33.8 Å². The van der Waals surface area contributed by atoms with Crippen molar-refractivity contribution in [3.8, 4) is 5.75 Å². The molecule has 0 fully saturated rings. The van der Waals surface area contributed by atoms with Crippen molar-refractivity contribution in [2.45, 2.75) is 41.0 Å². The fourth-order valence-corrected chi connectivity index (χ4v) is 3.94. The number of halogens is 1. The molecule has 4 rings (SSSR count). The molecule has 0 radical (unpaired) electrons. The van der Waals surface area contributed by atoms with Crippen LogP contribution in [0.15, 0.2) is 54.7 Å². The van der Waals surface area contributed by atoms with Crippen LogP contribution in [0.25, 0.3) is 0 Å². The van der Waals surface area contributed by atoms with Gasteiger partial charge in [0.2, 0.25) is 0 Å². The lowest BCUT2D eigenvalue weighted by Crippen LogP contribution is -2.15. The molecule has 170 valence electrons. The number of carbonyl (C=O) groups is 1. The maximum absolute atomic E-state index is 12.8. The van der Waals surface area contributed by atoms with Gasteiger partial charge in [-0.1, -0.05) is 29.8 Å². The van der Waals surface area contributed by atoms with E-state index in [0.29, 0.717) is 22.9 Å². The quantitative estimate of drug-likeness (QED) is 0.403. The molecule has 2 heterocycles. The van der Waals surface area contributed by atoms with Crippen LogP contribution in [0.4, 0.5) is 5.69 Å². The van der Waals surface area contributed by atoms with Crippen LogP contribution in [0.3, 0.4) is 0 Å². The Balaban J connectivity index is 1.42. The van der Waals surface area contributed by atoms with Gasteiger partial charge in [0.05, 0.1) is 23.6 Å². The Kier molecular flexibility index (Phi) is 6.51. The number of carbonyl (C=O) groups excluding carboxylic acids is 1. The van der Waals surface area contributed by atoms with Crippen molar-refractivity contribution >= 4 is 23.2 Å². The lowest BCUT2D eigenvalue weighted by molar-refractivity contribution is 0.102. The molecule has 0 aliphatic heterocycles. The topological polar surface area (TPSA) is 74.0 Å². The third kappa shape index (κ3) is 5.43. The van der Waals surface area contributed by atoms with Crippen molar-refractivity contribution in [3.05, 3.63) is 93.5 Å². The number of ether oxygens (including phenoxy) is 1. The largest absolute Gasteiger partial charge is 0.471 e. The van der Waals surface area contributed by atoms with Crippen molar-refractivity contribution in [1.82, 2.24) is 19.6 Å². The molecule has 7 nitrogen and oxygen atoms in total. The number of amides is 1. The van der Waals surface area contributed by atoms with Gasteiger partial charge in [0.15, 0.2) is 12.4 Å². The molecule has 8 heteroatoms. The zero-order valence-corrected chi connectivity index (χ0v) is 19.8. The van der Waals surface area contributed by atoms with Crippen molar-refractivity contribution in [2.75, 3.05) is 5.32 Å². The summed E-state index contributed by atoms with van der Waals surface area (Å²) in [5, 5.41) is 12.6. The Bertz CT molecular complexity index is 1290. The van der Waals surface area contributed by atoms with E-state index in [2.05, 4.69) is 21.6 Å². The number of nitrogens with zero attached hydrogens (tertiary/aromatic N) is 4.